The highest BCUT2D eigenvalue weighted by molar-refractivity contribution is 5.92. The predicted molar refractivity (Wildman–Crippen MR) is 37.9 cm³/mol. The molecule has 56 valence electrons. The van der Waals surface area contributed by atoms with Crippen molar-refractivity contribution in [1.29, 1.82) is 0 Å². The van der Waals surface area contributed by atoms with Gasteiger partial charge < -0.3 is 10.8 Å². The Hall–Kier alpha value is -1.01. The average molecular weight is 141 g/mol. The molecule has 0 radical (unpaired) electrons. The van der Waals surface area contributed by atoms with Crippen LogP contribution < -0.4 is 5.73 Å². The highest BCUT2D eigenvalue weighted by Crippen LogP contribution is 2.04. The van der Waals surface area contributed by atoms with Crippen LogP contribution in [0.1, 0.15) is 20.3 Å². The van der Waals surface area contributed by atoms with Crippen molar-refractivity contribution in [3.8, 4) is 11.8 Å². The number of carbonyl (C=O) groups excluding carboxylic acids is 1. The van der Waals surface area contributed by atoms with E-state index >= 15 is 0 Å². The summed E-state index contributed by atoms with van der Waals surface area (Å²) in [5.41, 5.74) is 3.64. The lowest BCUT2D eigenvalue weighted by atomic mass is 10.1. The molecule has 0 fully saturated rings. The second-order valence-electron chi connectivity index (χ2n) is 2.24. The Morgan fingerprint density at radius 3 is 2.60 bits per heavy atom. The largest absolute Gasteiger partial charge is 0.378 e. The summed E-state index contributed by atoms with van der Waals surface area (Å²) in [5.74, 6) is 3.70. The molecular formula is C7H11NO2. The standard InChI is InChI=1S/C7H11NO2/c1-3-7(2,10)5-4-6(8)9/h10H,3H2,1-2H3,(H2,8,9). The first kappa shape index (κ1) is 8.99. The molecule has 0 aliphatic heterocycles. The van der Waals surface area contributed by atoms with E-state index in [9.17, 15) is 9.90 Å². The monoisotopic (exact) mass is 141 g/mol. The summed E-state index contributed by atoms with van der Waals surface area (Å²) in [6.07, 6.45) is 0.479. The van der Waals surface area contributed by atoms with Crippen molar-refractivity contribution in [3.05, 3.63) is 0 Å². The highest BCUT2D eigenvalue weighted by atomic mass is 16.3. The van der Waals surface area contributed by atoms with Gasteiger partial charge in [-0.15, -0.1) is 0 Å². The molecule has 0 bridgehead atoms. The minimum Gasteiger partial charge on any atom is -0.378 e. The van der Waals surface area contributed by atoms with Gasteiger partial charge in [-0.05, 0) is 19.3 Å². The fraction of sp³-hybridized carbons (Fsp3) is 0.571. The van der Waals surface area contributed by atoms with E-state index in [0.29, 0.717) is 6.42 Å². The average Bonchev–Trinajstić information content (AvgIpc) is 1.85. The third kappa shape index (κ3) is 3.93. The summed E-state index contributed by atoms with van der Waals surface area (Å²) < 4.78 is 0. The van der Waals surface area contributed by atoms with Crippen molar-refractivity contribution in [2.45, 2.75) is 25.9 Å². The predicted octanol–water partition coefficient (Wildman–Crippen LogP) is -0.364. The summed E-state index contributed by atoms with van der Waals surface area (Å²) in [4.78, 5) is 10.1. The summed E-state index contributed by atoms with van der Waals surface area (Å²) in [6, 6.07) is 0. The van der Waals surface area contributed by atoms with Crippen LogP contribution in [-0.4, -0.2) is 16.6 Å². The zero-order valence-corrected chi connectivity index (χ0v) is 6.14. The van der Waals surface area contributed by atoms with E-state index in [4.69, 9.17) is 5.73 Å². The van der Waals surface area contributed by atoms with Crippen LogP contribution in [0.2, 0.25) is 0 Å². The maximum absolute atomic E-state index is 10.1. The number of primary amides is 1. The third-order valence-corrected chi connectivity index (χ3v) is 1.14. The summed E-state index contributed by atoms with van der Waals surface area (Å²) in [5, 5.41) is 9.19. The first-order valence-corrected chi connectivity index (χ1v) is 3.03. The molecule has 0 saturated carbocycles. The maximum atomic E-state index is 10.1. The van der Waals surface area contributed by atoms with Crippen molar-refractivity contribution < 1.29 is 9.90 Å². The van der Waals surface area contributed by atoms with Crippen LogP contribution in [0.25, 0.3) is 0 Å². The SMILES string of the molecule is CCC(C)(O)C#CC(N)=O. The van der Waals surface area contributed by atoms with Gasteiger partial charge >= 0.3 is 0 Å². The zero-order chi connectivity index (χ0) is 8.20. The van der Waals surface area contributed by atoms with Crippen LogP contribution in [0.5, 0.6) is 0 Å². The van der Waals surface area contributed by atoms with Crippen molar-refractivity contribution in [3.63, 3.8) is 0 Å². The lowest BCUT2D eigenvalue weighted by molar-refractivity contribution is -0.112. The van der Waals surface area contributed by atoms with Gasteiger partial charge in [0.05, 0.1) is 0 Å². The molecule has 1 atom stereocenters. The Kier molecular flexibility index (Phi) is 2.91. The second-order valence-corrected chi connectivity index (χ2v) is 2.24. The Bertz CT molecular complexity index is 186. The van der Waals surface area contributed by atoms with Crippen molar-refractivity contribution >= 4 is 5.91 Å². The van der Waals surface area contributed by atoms with Gasteiger partial charge in [0.1, 0.15) is 5.60 Å². The third-order valence-electron chi connectivity index (χ3n) is 1.14. The van der Waals surface area contributed by atoms with E-state index in [2.05, 4.69) is 11.8 Å². The van der Waals surface area contributed by atoms with Gasteiger partial charge in [-0.3, -0.25) is 4.79 Å². The van der Waals surface area contributed by atoms with Crippen molar-refractivity contribution in [1.82, 2.24) is 0 Å². The van der Waals surface area contributed by atoms with Gasteiger partial charge in [0.25, 0.3) is 5.91 Å². The highest BCUT2D eigenvalue weighted by Gasteiger charge is 2.12. The van der Waals surface area contributed by atoms with Crippen LogP contribution in [0.3, 0.4) is 0 Å². The molecule has 0 rings (SSSR count). The van der Waals surface area contributed by atoms with Gasteiger partial charge in [-0.1, -0.05) is 12.8 Å². The molecule has 0 heterocycles. The van der Waals surface area contributed by atoms with E-state index in [-0.39, 0.29) is 0 Å². The molecule has 0 aromatic heterocycles. The molecule has 1 unspecified atom stereocenters. The van der Waals surface area contributed by atoms with Crippen LogP contribution in [0, 0.1) is 11.8 Å². The Balaban J connectivity index is 4.15. The summed E-state index contributed by atoms with van der Waals surface area (Å²) >= 11 is 0. The number of aliphatic hydroxyl groups is 1. The number of rotatable bonds is 1. The maximum Gasteiger partial charge on any atom is 0.293 e. The molecular weight excluding hydrogens is 130 g/mol. The first-order chi connectivity index (χ1) is 4.48. The second kappa shape index (κ2) is 3.23. The number of nitrogens with two attached hydrogens (primary N) is 1. The summed E-state index contributed by atoms with van der Waals surface area (Å²) in [6.45, 7) is 3.30. The van der Waals surface area contributed by atoms with Crippen LogP contribution in [0.4, 0.5) is 0 Å². The number of hydrogen-bond acceptors (Lipinski definition) is 2. The van der Waals surface area contributed by atoms with E-state index in [1.807, 2.05) is 0 Å². The quantitative estimate of drug-likeness (QED) is 0.490. The normalized spacial score (nSPS) is 14.7. The molecule has 10 heavy (non-hydrogen) atoms. The first-order valence-electron chi connectivity index (χ1n) is 3.03. The smallest absolute Gasteiger partial charge is 0.293 e. The fourth-order valence-corrected chi connectivity index (χ4v) is 0.285. The number of amides is 1. The number of carbonyl (C=O) groups is 1. The molecule has 0 aromatic carbocycles. The van der Waals surface area contributed by atoms with E-state index < -0.39 is 11.5 Å². The molecule has 1 amide bonds. The molecule has 0 saturated heterocycles. The van der Waals surface area contributed by atoms with E-state index in [1.54, 1.807) is 6.92 Å². The number of hydrogen-bond donors (Lipinski definition) is 2. The van der Waals surface area contributed by atoms with Gasteiger partial charge in [0.15, 0.2) is 0 Å². The summed E-state index contributed by atoms with van der Waals surface area (Å²) in [7, 11) is 0. The van der Waals surface area contributed by atoms with Crippen LogP contribution in [0.15, 0.2) is 0 Å². The fourth-order valence-electron chi connectivity index (χ4n) is 0.285. The molecule has 0 aliphatic rings. The molecule has 0 aliphatic carbocycles. The van der Waals surface area contributed by atoms with E-state index in [1.165, 1.54) is 6.92 Å². The van der Waals surface area contributed by atoms with Crippen LogP contribution in [-0.2, 0) is 4.79 Å². The van der Waals surface area contributed by atoms with Gasteiger partial charge in [-0.2, -0.15) is 0 Å². The van der Waals surface area contributed by atoms with Crippen molar-refractivity contribution in [2.24, 2.45) is 5.73 Å². The van der Waals surface area contributed by atoms with Gasteiger partial charge in [0.2, 0.25) is 0 Å². The lowest BCUT2D eigenvalue weighted by Gasteiger charge is -2.11. The van der Waals surface area contributed by atoms with Gasteiger partial charge in [-0.25, -0.2) is 0 Å². The lowest BCUT2D eigenvalue weighted by Crippen LogP contribution is -2.20. The molecule has 3 N–H and O–H groups in total. The minimum absolute atomic E-state index is 0.479. The van der Waals surface area contributed by atoms with Crippen LogP contribution >= 0.6 is 0 Å². The molecule has 3 heteroatoms. The Labute approximate surface area is 60.2 Å². The molecule has 0 aromatic rings. The molecule has 0 spiro atoms. The zero-order valence-electron chi connectivity index (χ0n) is 6.14. The van der Waals surface area contributed by atoms with Gasteiger partial charge in [0, 0.05) is 0 Å². The topological polar surface area (TPSA) is 63.3 Å². The minimum atomic E-state index is -1.09. The van der Waals surface area contributed by atoms with E-state index in [0.717, 1.165) is 0 Å². The Morgan fingerprint density at radius 2 is 2.30 bits per heavy atom. The molecule has 3 nitrogen and oxygen atoms in total. The Morgan fingerprint density at radius 1 is 1.80 bits per heavy atom. The van der Waals surface area contributed by atoms with Crippen molar-refractivity contribution in [2.75, 3.05) is 0 Å².